The molecule has 1 N–H and O–H groups in total. The smallest absolute Gasteiger partial charge is 0.240 e. The van der Waals surface area contributed by atoms with Crippen molar-refractivity contribution in [3.05, 3.63) is 0 Å². The van der Waals surface area contributed by atoms with Crippen LogP contribution in [-0.2, 0) is 4.79 Å². The van der Waals surface area contributed by atoms with Crippen LogP contribution in [0.15, 0.2) is 0 Å². The van der Waals surface area contributed by atoms with Crippen molar-refractivity contribution in [1.82, 2.24) is 5.32 Å². The Hall–Kier alpha value is -1.04. The average molecular weight is 194 g/mol. The van der Waals surface area contributed by atoms with Crippen molar-refractivity contribution < 1.29 is 4.79 Å². The van der Waals surface area contributed by atoms with E-state index in [9.17, 15) is 4.79 Å². The van der Waals surface area contributed by atoms with E-state index in [2.05, 4.69) is 32.2 Å². The second-order valence-corrected chi connectivity index (χ2v) is 5.26. The van der Waals surface area contributed by atoms with Crippen LogP contribution in [0.1, 0.15) is 40.5 Å². The molecule has 3 heteroatoms. The Morgan fingerprint density at radius 2 is 2.00 bits per heavy atom. The topological polar surface area (TPSA) is 52.9 Å². The number of hydrogen-bond donors (Lipinski definition) is 1. The first-order valence-electron chi connectivity index (χ1n) is 5.04. The molecule has 1 rings (SSSR count). The third-order valence-electron chi connectivity index (χ3n) is 3.05. The van der Waals surface area contributed by atoms with E-state index in [1.807, 2.05) is 6.92 Å². The van der Waals surface area contributed by atoms with Crippen molar-refractivity contribution in [2.45, 2.75) is 46.6 Å². The van der Waals surface area contributed by atoms with E-state index in [0.717, 1.165) is 0 Å². The molecule has 14 heavy (non-hydrogen) atoms. The fraction of sp³-hybridized carbons (Fsp3) is 0.818. The van der Waals surface area contributed by atoms with Crippen LogP contribution in [0.3, 0.4) is 0 Å². The third kappa shape index (κ3) is 2.06. The average Bonchev–Trinajstić information content (AvgIpc) is 2.82. The SMILES string of the molecule is CC(NC(=O)C1(C#N)CC1)C(C)(C)C. The number of hydrogen-bond acceptors (Lipinski definition) is 2. The largest absolute Gasteiger partial charge is 0.352 e. The predicted octanol–water partition coefficient (Wildman–Crippen LogP) is 1.84. The van der Waals surface area contributed by atoms with Crippen LogP contribution in [-0.4, -0.2) is 11.9 Å². The maximum atomic E-state index is 11.7. The van der Waals surface area contributed by atoms with Gasteiger partial charge in [-0.3, -0.25) is 4.79 Å². The highest BCUT2D eigenvalue weighted by atomic mass is 16.2. The van der Waals surface area contributed by atoms with Crippen LogP contribution in [0.5, 0.6) is 0 Å². The van der Waals surface area contributed by atoms with Gasteiger partial charge in [0.25, 0.3) is 0 Å². The normalized spacial score (nSPS) is 20.8. The Bertz CT molecular complexity index is 279. The maximum Gasteiger partial charge on any atom is 0.240 e. The summed E-state index contributed by atoms with van der Waals surface area (Å²) in [6, 6.07) is 2.19. The highest BCUT2D eigenvalue weighted by Gasteiger charge is 2.51. The Balaban J connectivity index is 2.55. The van der Waals surface area contributed by atoms with Gasteiger partial charge in [0.2, 0.25) is 5.91 Å². The summed E-state index contributed by atoms with van der Waals surface area (Å²) in [6.07, 6.45) is 1.43. The Morgan fingerprint density at radius 3 is 2.29 bits per heavy atom. The molecule has 0 aromatic carbocycles. The third-order valence-corrected chi connectivity index (χ3v) is 3.05. The van der Waals surface area contributed by atoms with E-state index in [4.69, 9.17) is 5.26 Å². The van der Waals surface area contributed by atoms with Crippen LogP contribution in [0.2, 0.25) is 0 Å². The first-order valence-corrected chi connectivity index (χ1v) is 5.04. The Labute approximate surface area is 85.5 Å². The van der Waals surface area contributed by atoms with E-state index in [1.165, 1.54) is 0 Å². The lowest BCUT2D eigenvalue weighted by Gasteiger charge is -2.28. The minimum absolute atomic E-state index is 0.0429. The monoisotopic (exact) mass is 194 g/mol. The number of nitrogens with one attached hydrogen (secondary N) is 1. The predicted molar refractivity (Wildman–Crippen MR) is 54.3 cm³/mol. The van der Waals surface area contributed by atoms with Gasteiger partial charge in [0.05, 0.1) is 6.07 Å². The van der Waals surface area contributed by atoms with Gasteiger partial charge < -0.3 is 5.32 Å². The maximum absolute atomic E-state index is 11.7. The summed E-state index contributed by atoms with van der Waals surface area (Å²) in [4.78, 5) is 11.7. The van der Waals surface area contributed by atoms with Gasteiger partial charge in [0.1, 0.15) is 5.41 Å². The van der Waals surface area contributed by atoms with Crippen LogP contribution in [0.4, 0.5) is 0 Å². The van der Waals surface area contributed by atoms with E-state index in [-0.39, 0.29) is 17.4 Å². The summed E-state index contributed by atoms with van der Waals surface area (Å²) >= 11 is 0. The summed E-state index contributed by atoms with van der Waals surface area (Å²) in [7, 11) is 0. The number of nitriles is 1. The van der Waals surface area contributed by atoms with Crippen molar-refractivity contribution in [2.75, 3.05) is 0 Å². The van der Waals surface area contributed by atoms with Gasteiger partial charge in [-0.05, 0) is 25.2 Å². The second kappa shape index (κ2) is 3.27. The van der Waals surface area contributed by atoms with Gasteiger partial charge >= 0.3 is 0 Å². The van der Waals surface area contributed by atoms with E-state index < -0.39 is 5.41 Å². The highest BCUT2D eigenvalue weighted by molar-refractivity contribution is 5.88. The number of rotatable bonds is 2. The van der Waals surface area contributed by atoms with E-state index in [0.29, 0.717) is 12.8 Å². The minimum Gasteiger partial charge on any atom is -0.352 e. The van der Waals surface area contributed by atoms with Crippen molar-refractivity contribution in [2.24, 2.45) is 10.8 Å². The molecule has 0 radical (unpaired) electrons. The summed E-state index contributed by atoms with van der Waals surface area (Å²) < 4.78 is 0. The zero-order valence-electron chi connectivity index (χ0n) is 9.35. The number of amides is 1. The molecule has 78 valence electrons. The molecular weight excluding hydrogens is 176 g/mol. The molecule has 0 saturated heterocycles. The summed E-state index contributed by atoms with van der Waals surface area (Å²) in [5, 5.41) is 11.7. The van der Waals surface area contributed by atoms with Gasteiger partial charge in [0.15, 0.2) is 0 Å². The lowest BCUT2D eigenvalue weighted by atomic mass is 9.87. The lowest BCUT2D eigenvalue weighted by molar-refractivity contribution is -0.125. The zero-order valence-corrected chi connectivity index (χ0v) is 9.35. The fourth-order valence-electron chi connectivity index (χ4n) is 1.07. The van der Waals surface area contributed by atoms with Crippen LogP contribution >= 0.6 is 0 Å². The molecule has 3 nitrogen and oxygen atoms in total. The summed E-state index contributed by atoms with van der Waals surface area (Å²) in [5.41, 5.74) is -0.652. The summed E-state index contributed by atoms with van der Waals surface area (Å²) in [6.45, 7) is 8.20. The van der Waals surface area contributed by atoms with Gasteiger partial charge in [-0.1, -0.05) is 20.8 Å². The van der Waals surface area contributed by atoms with E-state index >= 15 is 0 Å². The molecule has 1 unspecified atom stereocenters. The molecule has 0 aromatic heterocycles. The number of nitrogens with zero attached hydrogens (tertiary/aromatic N) is 1. The number of carbonyl (C=O) groups excluding carboxylic acids is 1. The molecule has 1 atom stereocenters. The fourth-order valence-corrected chi connectivity index (χ4v) is 1.07. The second-order valence-electron chi connectivity index (χ2n) is 5.26. The summed E-state index contributed by atoms with van der Waals surface area (Å²) in [5.74, 6) is -0.0950. The van der Waals surface area contributed by atoms with Crippen LogP contribution in [0.25, 0.3) is 0 Å². The van der Waals surface area contributed by atoms with Gasteiger partial charge in [-0.15, -0.1) is 0 Å². The lowest BCUT2D eigenvalue weighted by Crippen LogP contribution is -2.44. The molecule has 1 aliphatic rings. The van der Waals surface area contributed by atoms with Crippen LogP contribution < -0.4 is 5.32 Å². The molecule has 1 saturated carbocycles. The van der Waals surface area contributed by atoms with Crippen molar-refractivity contribution in [1.29, 1.82) is 5.26 Å². The number of carbonyl (C=O) groups is 1. The van der Waals surface area contributed by atoms with E-state index in [1.54, 1.807) is 0 Å². The van der Waals surface area contributed by atoms with Crippen LogP contribution in [0, 0.1) is 22.2 Å². The van der Waals surface area contributed by atoms with Gasteiger partial charge in [0, 0.05) is 6.04 Å². The van der Waals surface area contributed by atoms with Crippen molar-refractivity contribution in [3.63, 3.8) is 0 Å². The zero-order chi connectivity index (χ0) is 11.0. The first-order chi connectivity index (χ1) is 6.32. The van der Waals surface area contributed by atoms with Crippen molar-refractivity contribution in [3.8, 4) is 6.07 Å². The highest BCUT2D eigenvalue weighted by Crippen LogP contribution is 2.45. The van der Waals surface area contributed by atoms with Crippen molar-refractivity contribution >= 4 is 5.91 Å². The molecule has 0 spiro atoms. The Morgan fingerprint density at radius 1 is 1.50 bits per heavy atom. The quantitative estimate of drug-likeness (QED) is 0.729. The standard InChI is InChI=1S/C11H18N2O/c1-8(10(2,3)4)13-9(14)11(7-12)5-6-11/h8H,5-6H2,1-4H3,(H,13,14). The van der Waals surface area contributed by atoms with Gasteiger partial charge in [-0.2, -0.15) is 5.26 Å². The molecule has 1 fully saturated rings. The molecule has 0 heterocycles. The molecule has 0 bridgehead atoms. The minimum atomic E-state index is -0.695. The molecule has 1 amide bonds. The first kappa shape index (κ1) is 11.0. The Kier molecular flexibility index (Phi) is 2.58. The molecule has 0 aliphatic heterocycles. The molecule has 0 aromatic rings. The molecular formula is C11H18N2O. The van der Waals surface area contributed by atoms with Gasteiger partial charge in [-0.25, -0.2) is 0 Å². The molecule has 1 aliphatic carbocycles.